The number of pyridine rings is 1. The van der Waals surface area contributed by atoms with Crippen molar-refractivity contribution in [3.05, 3.63) is 71.9 Å². The Bertz CT molecular complexity index is 772. The fourth-order valence-corrected chi connectivity index (χ4v) is 2.33. The third-order valence-electron chi connectivity index (χ3n) is 3.55. The highest BCUT2D eigenvalue weighted by Gasteiger charge is 1.98. The van der Waals surface area contributed by atoms with Crippen molar-refractivity contribution in [3.63, 3.8) is 0 Å². The first-order chi connectivity index (χ1) is 10.2. The molecule has 0 saturated heterocycles. The number of para-hydroxylation sites is 1. The Morgan fingerprint density at radius 2 is 1.59 bits per heavy atom. The van der Waals surface area contributed by atoms with E-state index in [0.29, 0.717) is 0 Å². The molecule has 112 valence electrons. The van der Waals surface area contributed by atoms with E-state index in [1.54, 1.807) is 0 Å². The summed E-state index contributed by atoms with van der Waals surface area (Å²) in [6.45, 7) is 0. The predicted octanol–water partition coefficient (Wildman–Crippen LogP) is 4.89. The molecule has 1 aromatic heterocycles. The van der Waals surface area contributed by atoms with Crippen LogP contribution < -0.4 is 4.90 Å². The number of hydrogen-bond acceptors (Lipinski definition) is 2. The molecule has 0 aliphatic carbocycles. The SMILES string of the molecule is CN(C)c1ccc(C=Cc2ccnc3ccccc23)cc1.Cl. The zero-order chi connectivity index (χ0) is 14.7. The molecule has 3 heteroatoms. The molecular formula is C19H19ClN2. The van der Waals surface area contributed by atoms with Crippen LogP contribution in [-0.4, -0.2) is 19.1 Å². The molecule has 0 atom stereocenters. The minimum absolute atomic E-state index is 0. The van der Waals surface area contributed by atoms with Crippen LogP contribution in [0.5, 0.6) is 0 Å². The zero-order valence-electron chi connectivity index (χ0n) is 12.7. The monoisotopic (exact) mass is 310 g/mol. The van der Waals surface area contributed by atoms with E-state index in [1.807, 2.05) is 44.6 Å². The lowest BCUT2D eigenvalue weighted by atomic mass is 10.1. The molecule has 0 radical (unpaired) electrons. The Hall–Kier alpha value is -2.32. The molecule has 2 aromatic carbocycles. The van der Waals surface area contributed by atoms with Gasteiger partial charge < -0.3 is 4.90 Å². The zero-order valence-corrected chi connectivity index (χ0v) is 13.5. The van der Waals surface area contributed by atoms with E-state index in [0.717, 1.165) is 5.52 Å². The number of nitrogens with zero attached hydrogens (tertiary/aromatic N) is 2. The molecule has 0 aliphatic rings. The van der Waals surface area contributed by atoms with Gasteiger partial charge in [-0.2, -0.15) is 0 Å². The summed E-state index contributed by atoms with van der Waals surface area (Å²) in [5.41, 5.74) is 4.63. The molecule has 0 fully saturated rings. The maximum absolute atomic E-state index is 4.39. The lowest BCUT2D eigenvalue weighted by Crippen LogP contribution is -2.07. The summed E-state index contributed by atoms with van der Waals surface area (Å²) in [6, 6.07) is 18.8. The maximum Gasteiger partial charge on any atom is 0.0707 e. The minimum Gasteiger partial charge on any atom is -0.378 e. The van der Waals surface area contributed by atoms with Crippen LogP contribution in [0.25, 0.3) is 23.1 Å². The average molecular weight is 311 g/mol. The van der Waals surface area contributed by atoms with Crippen LogP contribution in [0.1, 0.15) is 11.1 Å². The number of aromatic nitrogens is 1. The van der Waals surface area contributed by atoms with E-state index in [9.17, 15) is 0 Å². The molecule has 0 aliphatic heterocycles. The number of halogens is 1. The first kappa shape index (κ1) is 16.1. The van der Waals surface area contributed by atoms with Crippen molar-refractivity contribution in [2.24, 2.45) is 0 Å². The smallest absolute Gasteiger partial charge is 0.0707 e. The summed E-state index contributed by atoms with van der Waals surface area (Å²) in [6.07, 6.45) is 6.15. The number of fused-ring (bicyclic) bond motifs is 1. The molecule has 0 bridgehead atoms. The van der Waals surface area contributed by atoms with Gasteiger partial charge in [-0.1, -0.05) is 42.5 Å². The molecule has 0 spiro atoms. The molecule has 0 N–H and O–H groups in total. The van der Waals surface area contributed by atoms with E-state index >= 15 is 0 Å². The van der Waals surface area contributed by atoms with Gasteiger partial charge in [0.2, 0.25) is 0 Å². The summed E-state index contributed by atoms with van der Waals surface area (Å²) in [7, 11) is 4.10. The quantitative estimate of drug-likeness (QED) is 0.684. The van der Waals surface area contributed by atoms with Gasteiger partial charge in [-0.15, -0.1) is 12.4 Å². The van der Waals surface area contributed by atoms with Crippen LogP contribution >= 0.6 is 12.4 Å². The van der Waals surface area contributed by atoms with E-state index in [1.165, 1.54) is 22.2 Å². The van der Waals surface area contributed by atoms with Crippen LogP contribution in [-0.2, 0) is 0 Å². The van der Waals surface area contributed by atoms with E-state index in [2.05, 4.69) is 52.4 Å². The second-order valence-corrected chi connectivity index (χ2v) is 5.24. The largest absolute Gasteiger partial charge is 0.378 e. The molecule has 0 unspecified atom stereocenters. The van der Waals surface area contributed by atoms with Crippen LogP contribution in [0, 0.1) is 0 Å². The summed E-state index contributed by atoms with van der Waals surface area (Å²) >= 11 is 0. The Balaban J connectivity index is 0.00000176. The first-order valence-corrected chi connectivity index (χ1v) is 7.03. The summed E-state index contributed by atoms with van der Waals surface area (Å²) in [5, 5.41) is 1.18. The van der Waals surface area contributed by atoms with Crippen molar-refractivity contribution in [2.45, 2.75) is 0 Å². The van der Waals surface area contributed by atoms with Crippen molar-refractivity contribution in [1.82, 2.24) is 4.98 Å². The maximum atomic E-state index is 4.39. The van der Waals surface area contributed by atoms with Gasteiger partial charge in [-0.05, 0) is 35.4 Å². The number of anilines is 1. The fraction of sp³-hybridized carbons (Fsp3) is 0.105. The van der Waals surface area contributed by atoms with Gasteiger partial charge in [0, 0.05) is 31.4 Å². The average Bonchev–Trinajstić information content (AvgIpc) is 2.53. The molecule has 22 heavy (non-hydrogen) atoms. The Morgan fingerprint density at radius 3 is 2.32 bits per heavy atom. The molecule has 1 heterocycles. The van der Waals surface area contributed by atoms with Crippen molar-refractivity contribution >= 4 is 41.1 Å². The standard InChI is InChI=1S/C19H18N2.ClH/c1-21(2)17-11-8-15(9-12-17)7-10-16-13-14-20-19-6-4-3-5-18(16)19;/h3-14H,1-2H3;1H. The fourth-order valence-electron chi connectivity index (χ4n) is 2.33. The van der Waals surface area contributed by atoms with Gasteiger partial charge in [-0.25, -0.2) is 0 Å². The molecular weight excluding hydrogens is 292 g/mol. The highest BCUT2D eigenvalue weighted by atomic mass is 35.5. The van der Waals surface area contributed by atoms with Crippen molar-refractivity contribution < 1.29 is 0 Å². The van der Waals surface area contributed by atoms with Crippen LogP contribution in [0.15, 0.2) is 60.8 Å². The van der Waals surface area contributed by atoms with Crippen molar-refractivity contribution in [1.29, 1.82) is 0 Å². The normalized spacial score (nSPS) is 10.6. The Labute approximate surface area is 137 Å². The lowest BCUT2D eigenvalue weighted by molar-refractivity contribution is 1.13. The second-order valence-electron chi connectivity index (χ2n) is 5.24. The van der Waals surface area contributed by atoms with Crippen LogP contribution in [0.4, 0.5) is 5.69 Å². The molecule has 2 nitrogen and oxygen atoms in total. The van der Waals surface area contributed by atoms with Crippen molar-refractivity contribution in [3.8, 4) is 0 Å². The van der Waals surface area contributed by atoms with Gasteiger partial charge in [0.05, 0.1) is 5.52 Å². The Morgan fingerprint density at radius 1 is 0.864 bits per heavy atom. The lowest BCUT2D eigenvalue weighted by Gasteiger charge is -2.11. The van der Waals surface area contributed by atoms with Gasteiger partial charge in [-0.3, -0.25) is 4.98 Å². The predicted molar refractivity (Wildman–Crippen MR) is 98.7 cm³/mol. The van der Waals surface area contributed by atoms with E-state index in [-0.39, 0.29) is 12.4 Å². The molecule has 0 saturated carbocycles. The summed E-state index contributed by atoms with van der Waals surface area (Å²) in [4.78, 5) is 6.49. The summed E-state index contributed by atoms with van der Waals surface area (Å²) in [5.74, 6) is 0. The molecule has 3 rings (SSSR count). The van der Waals surface area contributed by atoms with Crippen LogP contribution in [0.3, 0.4) is 0 Å². The minimum atomic E-state index is 0. The Kier molecular flexibility index (Phi) is 5.18. The number of rotatable bonds is 3. The molecule has 0 amide bonds. The van der Waals surface area contributed by atoms with Crippen molar-refractivity contribution in [2.75, 3.05) is 19.0 Å². The highest BCUT2D eigenvalue weighted by molar-refractivity contribution is 5.90. The summed E-state index contributed by atoms with van der Waals surface area (Å²) < 4.78 is 0. The van der Waals surface area contributed by atoms with Gasteiger partial charge in [0.25, 0.3) is 0 Å². The van der Waals surface area contributed by atoms with Gasteiger partial charge in [0.15, 0.2) is 0 Å². The van der Waals surface area contributed by atoms with Gasteiger partial charge >= 0.3 is 0 Å². The highest BCUT2D eigenvalue weighted by Crippen LogP contribution is 2.19. The first-order valence-electron chi connectivity index (χ1n) is 7.03. The number of benzene rings is 2. The second kappa shape index (κ2) is 7.10. The number of hydrogen-bond donors (Lipinski definition) is 0. The van der Waals surface area contributed by atoms with Crippen LogP contribution in [0.2, 0.25) is 0 Å². The topological polar surface area (TPSA) is 16.1 Å². The van der Waals surface area contributed by atoms with E-state index < -0.39 is 0 Å². The van der Waals surface area contributed by atoms with E-state index in [4.69, 9.17) is 0 Å². The third-order valence-corrected chi connectivity index (χ3v) is 3.55. The third kappa shape index (κ3) is 3.46. The molecule has 3 aromatic rings. The van der Waals surface area contributed by atoms with Gasteiger partial charge in [0.1, 0.15) is 0 Å².